The molecular formula is C11H8O2. The molecule has 0 aromatic heterocycles. The van der Waals surface area contributed by atoms with Gasteiger partial charge in [0.25, 0.3) is 0 Å². The summed E-state index contributed by atoms with van der Waals surface area (Å²) in [6.07, 6.45) is 2.41. The van der Waals surface area contributed by atoms with Gasteiger partial charge in [-0.05, 0) is 12.1 Å². The molecule has 0 radical (unpaired) electrons. The van der Waals surface area contributed by atoms with Crippen LogP contribution in [0.3, 0.4) is 0 Å². The zero-order valence-corrected chi connectivity index (χ0v) is 6.99. The Bertz CT molecular complexity index is 418. The molecule has 1 aromatic rings. The summed E-state index contributed by atoms with van der Waals surface area (Å²) in [5.41, 5.74) is 1.79. The van der Waals surface area contributed by atoms with Crippen LogP contribution in [0.5, 0.6) is 5.75 Å². The van der Waals surface area contributed by atoms with Crippen molar-refractivity contribution in [1.29, 1.82) is 0 Å². The average Bonchev–Trinajstić information content (AvgIpc) is 2.44. The molecule has 0 saturated heterocycles. The van der Waals surface area contributed by atoms with Gasteiger partial charge in [-0.3, -0.25) is 4.79 Å². The van der Waals surface area contributed by atoms with Crippen molar-refractivity contribution < 1.29 is 9.53 Å². The van der Waals surface area contributed by atoms with E-state index < -0.39 is 0 Å². The number of allylic oxidation sites excluding steroid dienone is 1. The van der Waals surface area contributed by atoms with Gasteiger partial charge in [-0.15, -0.1) is 0 Å². The molecule has 2 aliphatic rings. The average molecular weight is 172 g/mol. The second-order valence-corrected chi connectivity index (χ2v) is 3.36. The lowest BCUT2D eigenvalue weighted by molar-refractivity contribution is -0.113. The summed E-state index contributed by atoms with van der Waals surface area (Å²) in [6, 6.07) is 7.69. The van der Waals surface area contributed by atoms with Crippen LogP contribution >= 0.6 is 0 Å². The summed E-state index contributed by atoms with van der Waals surface area (Å²) in [5.74, 6) is 1.05. The smallest absolute Gasteiger partial charge is 0.167 e. The fourth-order valence-corrected chi connectivity index (χ4v) is 1.90. The summed E-state index contributed by atoms with van der Waals surface area (Å²) in [5, 5.41) is 0. The van der Waals surface area contributed by atoms with E-state index in [1.807, 2.05) is 30.3 Å². The van der Waals surface area contributed by atoms with Gasteiger partial charge in [0.2, 0.25) is 0 Å². The van der Waals surface area contributed by atoms with Crippen LogP contribution in [-0.4, -0.2) is 11.9 Å². The molecule has 3 rings (SSSR count). The summed E-state index contributed by atoms with van der Waals surface area (Å²) < 4.78 is 5.60. The van der Waals surface area contributed by atoms with Gasteiger partial charge in [0.05, 0.1) is 6.42 Å². The number of Topliss-reactive ketones (excluding diaryl/α,β-unsaturated/α-hetero) is 1. The van der Waals surface area contributed by atoms with E-state index in [0.29, 0.717) is 6.42 Å². The van der Waals surface area contributed by atoms with Gasteiger partial charge in [-0.25, -0.2) is 0 Å². The quantitative estimate of drug-likeness (QED) is 0.596. The van der Waals surface area contributed by atoms with Crippen molar-refractivity contribution in [2.45, 2.75) is 12.5 Å². The van der Waals surface area contributed by atoms with E-state index in [1.165, 1.54) is 0 Å². The number of carbonyl (C=O) groups excluding carboxylic acids is 1. The Kier molecular flexibility index (Phi) is 1.18. The molecule has 0 saturated carbocycles. The highest BCUT2D eigenvalue weighted by Crippen LogP contribution is 2.38. The van der Waals surface area contributed by atoms with Gasteiger partial charge in [0.1, 0.15) is 11.9 Å². The lowest BCUT2D eigenvalue weighted by atomic mass is 10.0. The lowest BCUT2D eigenvalue weighted by Gasteiger charge is -2.16. The number of ether oxygens (including phenoxy) is 1. The molecule has 0 amide bonds. The van der Waals surface area contributed by atoms with Crippen LogP contribution in [0.25, 0.3) is 5.57 Å². The fourth-order valence-electron chi connectivity index (χ4n) is 1.90. The van der Waals surface area contributed by atoms with Crippen LogP contribution < -0.4 is 4.74 Å². The second-order valence-electron chi connectivity index (χ2n) is 3.36. The molecule has 1 unspecified atom stereocenters. The molecule has 2 nitrogen and oxygen atoms in total. The third-order valence-corrected chi connectivity index (χ3v) is 2.50. The van der Waals surface area contributed by atoms with E-state index in [-0.39, 0.29) is 11.9 Å². The first kappa shape index (κ1) is 6.89. The third-order valence-electron chi connectivity index (χ3n) is 2.50. The van der Waals surface area contributed by atoms with Gasteiger partial charge in [0.15, 0.2) is 5.78 Å². The molecule has 0 N–H and O–H groups in total. The topological polar surface area (TPSA) is 26.3 Å². The van der Waals surface area contributed by atoms with Crippen molar-refractivity contribution in [3.8, 4) is 5.75 Å². The number of rotatable bonds is 0. The Balaban J connectivity index is 2.24. The van der Waals surface area contributed by atoms with Gasteiger partial charge < -0.3 is 4.74 Å². The van der Waals surface area contributed by atoms with Crippen LogP contribution in [0.15, 0.2) is 30.3 Å². The number of fused-ring (bicyclic) bond motifs is 3. The highest BCUT2D eigenvalue weighted by molar-refractivity contribution is 6.24. The van der Waals surface area contributed by atoms with Crippen LogP contribution in [0, 0.1) is 0 Å². The number of hydrogen-bond acceptors (Lipinski definition) is 2. The standard InChI is InChI=1S/C11H8O2/c12-10-6-7-5-9(10)8-3-1-2-4-11(8)13-7/h1-5,7H,6H2. The van der Waals surface area contributed by atoms with Gasteiger partial charge in [-0.1, -0.05) is 18.2 Å². The molecule has 1 aliphatic heterocycles. The van der Waals surface area contributed by atoms with Gasteiger partial charge in [0, 0.05) is 11.1 Å². The second kappa shape index (κ2) is 2.22. The van der Waals surface area contributed by atoms with Crippen molar-refractivity contribution in [3.63, 3.8) is 0 Å². The molecule has 0 fully saturated rings. The molecule has 1 heterocycles. The number of benzene rings is 1. The maximum atomic E-state index is 11.5. The molecule has 1 atom stereocenters. The minimum absolute atomic E-state index is 0.0163. The Morgan fingerprint density at radius 2 is 2.15 bits per heavy atom. The number of carbonyl (C=O) groups is 1. The number of hydrogen-bond donors (Lipinski definition) is 0. The maximum absolute atomic E-state index is 11.5. The Labute approximate surface area is 75.8 Å². The summed E-state index contributed by atoms with van der Waals surface area (Å²) in [6.45, 7) is 0. The van der Waals surface area contributed by atoms with Crippen molar-refractivity contribution in [1.82, 2.24) is 0 Å². The molecule has 2 bridgehead atoms. The number of para-hydroxylation sites is 1. The molecular weight excluding hydrogens is 164 g/mol. The van der Waals surface area contributed by atoms with E-state index in [1.54, 1.807) is 0 Å². The van der Waals surface area contributed by atoms with Gasteiger partial charge in [-0.2, -0.15) is 0 Å². The predicted molar refractivity (Wildman–Crippen MR) is 48.5 cm³/mol. The SMILES string of the molecule is O=C1CC2C=C1c1ccccc1O2. The van der Waals surface area contributed by atoms with Crippen LogP contribution in [-0.2, 0) is 4.79 Å². The van der Waals surface area contributed by atoms with Crippen LogP contribution in [0.2, 0.25) is 0 Å². The molecule has 1 aromatic carbocycles. The van der Waals surface area contributed by atoms with Crippen LogP contribution in [0.4, 0.5) is 0 Å². The minimum Gasteiger partial charge on any atom is -0.485 e. The molecule has 0 spiro atoms. The van der Waals surface area contributed by atoms with E-state index in [0.717, 1.165) is 16.9 Å². The first-order chi connectivity index (χ1) is 6.34. The minimum atomic E-state index is -0.0163. The highest BCUT2D eigenvalue weighted by Gasteiger charge is 2.32. The normalized spacial score (nSPS) is 23.5. The largest absolute Gasteiger partial charge is 0.485 e. The summed E-state index contributed by atoms with van der Waals surface area (Å²) in [4.78, 5) is 11.5. The maximum Gasteiger partial charge on any atom is 0.167 e. The molecule has 13 heavy (non-hydrogen) atoms. The van der Waals surface area contributed by atoms with Gasteiger partial charge >= 0.3 is 0 Å². The highest BCUT2D eigenvalue weighted by atomic mass is 16.5. The Morgan fingerprint density at radius 3 is 3.08 bits per heavy atom. The fraction of sp³-hybridized carbons (Fsp3) is 0.182. The molecule has 1 aliphatic carbocycles. The Hall–Kier alpha value is -1.57. The third kappa shape index (κ3) is 0.856. The first-order valence-electron chi connectivity index (χ1n) is 4.36. The molecule has 2 heteroatoms. The van der Waals surface area contributed by atoms with Crippen molar-refractivity contribution in [2.75, 3.05) is 0 Å². The summed E-state index contributed by atoms with van der Waals surface area (Å²) in [7, 11) is 0. The van der Waals surface area contributed by atoms with Crippen molar-refractivity contribution >= 4 is 11.4 Å². The zero-order valence-electron chi connectivity index (χ0n) is 6.99. The van der Waals surface area contributed by atoms with Crippen LogP contribution in [0.1, 0.15) is 12.0 Å². The van der Waals surface area contributed by atoms with E-state index in [4.69, 9.17) is 4.74 Å². The zero-order chi connectivity index (χ0) is 8.84. The number of ketones is 1. The van der Waals surface area contributed by atoms with E-state index in [9.17, 15) is 4.79 Å². The van der Waals surface area contributed by atoms with E-state index >= 15 is 0 Å². The molecule has 64 valence electrons. The van der Waals surface area contributed by atoms with E-state index in [2.05, 4.69) is 0 Å². The van der Waals surface area contributed by atoms with Crippen molar-refractivity contribution in [2.24, 2.45) is 0 Å². The van der Waals surface area contributed by atoms with Crippen molar-refractivity contribution in [3.05, 3.63) is 35.9 Å². The lowest BCUT2D eigenvalue weighted by Crippen LogP contribution is -2.12. The predicted octanol–water partition coefficient (Wildman–Crippen LogP) is 1.80. The monoisotopic (exact) mass is 172 g/mol. The Morgan fingerprint density at radius 1 is 1.31 bits per heavy atom. The summed E-state index contributed by atoms with van der Waals surface area (Å²) >= 11 is 0. The first-order valence-corrected chi connectivity index (χ1v) is 4.36.